The first kappa shape index (κ1) is 14.8. The summed E-state index contributed by atoms with van der Waals surface area (Å²) in [6.07, 6.45) is 5.05. The highest BCUT2D eigenvalue weighted by molar-refractivity contribution is 9.10. The second kappa shape index (κ2) is 7.27. The van der Waals surface area contributed by atoms with Crippen molar-refractivity contribution in [1.82, 2.24) is 0 Å². The van der Waals surface area contributed by atoms with Gasteiger partial charge in [-0.05, 0) is 49.8 Å². The van der Waals surface area contributed by atoms with E-state index >= 15 is 0 Å². The zero-order chi connectivity index (χ0) is 13.7. The van der Waals surface area contributed by atoms with E-state index in [1.54, 1.807) is 7.11 Å². The summed E-state index contributed by atoms with van der Waals surface area (Å²) in [5, 5.41) is 10.3. The summed E-state index contributed by atoms with van der Waals surface area (Å²) in [7, 11) is 1.64. The molecular weight excluding hydrogens is 308 g/mol. The third-order valence-electron chi connectivity index (χ3n) is 3.60. The molecule has 4 heteroatoms. The summed E-state index contributed by atoms with van der Waals surface area (Å²) in [5.74, 6) is 0.790. The monoisotopic (exact) mass is 328 g/mol. The Kier molecular flexibility index (Phi) is 5.67. The first-order valence-corrected chi connectivity index (χ1v) is 7.63. The average molecular weight is 329 g/mol. The number of methoxy groups -OCH3 is 1. The van der Waals surface area contributed by atoms with Gasteiger partial charge >= 0.3 is 0 Å². The van der Waals surface area contributed by atoms with Crippen molar-refractivity contribution >= 4 is 15.9 Å². The maximum atomic E-state index is 10.3. The van der Waals surface area contributed by atoms with Crippen molar-refractivity contribution in [2.75, 3.05) is 13.7 Å². The van der Waals surface area contributed by atoms with E-state index in [1.807, 2.05) is 18.2 Å². The van der Waals surface area contributed by atoms with Crippen LogP contribution in [-0.4, -0.2) is 24.9 Å². The summed E-state index contributed by atoms with van der Waals surface area (Å²) < 4.78 is 11.7. The van der Waals surface area contributed by atoms with E-state index in [-0.39, 0.29) is 0 Å². The van der Waals surface area contributed by atoms with Gasteiger partial charge in [0, 0.05) is 11.1 Å². The van der Waals surface area contributed by atoms with Crippen LogP contribution in [0.15, 0.2) is 22.7 Å². The van der Waals surface area contributed by atoms with Crippen molar-refractivity contribution in [2.45, 2.75) is 44.3 Å². The fourth-order valence-corrected chi connectivity index (χ4v) is 3.06. The highest BCUT2D eigenvalue weighted by Gasteiger charge is 2.17. The standard InChI is InChI=1S/C15H21BrO3/c1-18-12-5-7-13(14(16)10-12)15(17)8-6-11-4-2-3-9-19-11/h5,7,10-11,15,17H,2-4,6,8-9H2,1H3. The van der Waals surface area contributed by atoms with Crippen LogP contribution in [0, 0.1) is 0 Å². The topological polar surface area (TPSA) is 38.7 Å². The van der Waals surface area contributed by atoms with Crippen LogP contribution in [-0.2, 0) is 4.74 Å². The van der Waals surface area contributed by atoms with E-state index in [2.05, 4.69) is 15.9 Å². The molecule has 1 aromatic carbocycles. The number of ether oxygens (including phenoxy) is 2. The predicted octanol–water partition coefficient (Wildman–Crippen LogP) is 3.84. The molecule has 19 heavy (non-hydrogen) atoms. The minimum absolute atomic E-state index is 0.320. The molecule has 2 atom stereocenters. The molecule has 106 valence electrons. The van der Waals surface area contributed by atoms with Gasteiger partial charge in [-0.2, -0.15) is 0 Å². The number of aliphatic hydroxyl groups excluding tert-OH is 1. The maximum Gasteiger partial charge on any atom is 0.120 e. The van der Waals surface area contributed by atoms with Crippen molar-refractivity contribution < 1.29 is 14.6 Å². The minimum atomic E-state index is -0.453. The van der Waals surface area contributed by atoms with Gasteiger partial charge in [-0.1, -0.05) is 22.0 Å². The Hall–Kier alpha value is -0.580. The van der Waals surface area contributed by atoms with Gasteiger partial charge in [0.1, 0.15) is 5.75 Å². The Balaban J connectivity index is 1.89. The minimum Gasteiger partial charge on any atom is -0.497 e. The number of hydrogen-bond donors (Lipinski definition) is 1. The Morgan fingerprint density at radius 3 is 2.95 bits per heavy atom. The lowest BCUT2D eigenvalue weighted by Gasteiger charge is -2.23. The van der Waals surface area contributed by atoms with Gasteiger partial charge in [0.25, 0.3) is 0 Å². The molecule has 0 spiro atoms. The number of benzene rings is 1. The zero-order valence-electron chi connectivity index (χ0n) is 11.3. The Morgan fingerprint density at radius 1 is 1.47 bits per heavy atom. The molecule has 1 aliphatic rings. The normalized spacial score (nSPS) is 21.1. The number of halogens is 1. The van der Waals surface area contributed by atoms with Crippen LogP contribution in [0.1, 0.15) is 43.8 Å². The van der Waals surface area contributed by atoms with Crippen molar-refractivity contribution in [3.05, 3.63) is 28.2 Å². The van der Waals surface area contributed by atoms with E-state index in [9.17, 15) is 5.11 Å². The van der Waals surface area contributed by atoms with E-state index in [0.29, 0.717) is 6.10 Å². The molecule has 0 radical (unpaired) electrons. The van der Waals surface area contributed by atoms with Crippen LogP contribution in [0.25, 0.3) is 0 Å². The van der Waals surface area contributed by atoms with E-state index in [4.69, 9.17) is 9.47 Å². The quantitative estimate of drug-likeness (QED) is 0.892. The molecule has 1 fully saturated rings. The van der Waals surface area contributed by atoms with Crippen LogP contribution < -0.4 is 4.74 Å². The molecule has 2 rings (SSSR count). The lowest BCUT2D eigenvalue weighted by Crippen LogP contribution is -2.19. The summed E-state index contributed by atoms with van der Waals surface area (Å²) in [5.41, 5.74) is 0.914. The third kappa shape index (κ3) is 4.20. The number of aliphatic hydroxyl groups is 1. The summed E-state index contributed by atoms with van der Waals surface area (Å²) in [6, 6.07) is 5.67. The van der Waals surface area contributed by atoms with Gasteiger partial charge in [-0.3, -0.25) is 0 Å². The van der Waals surface area contributed by atoms with Crippen LogP contribution in [0.2, 0.25) is 0 Å². The summed E-state index contributed by atoms with van der Waals surface area (Å²) in [4.78, 5) is 0. The molecule has 0 saturated carbocycles. The molecule has 1 saturated heterocycles. The SMILES string of the molecule is COc1ccc(C(O)CCC2CCCCO2)c(Br)c1. The molecule has 0 amide bonds. The Bertz CT molecular complexity index is 402. The fraction of sp³-hybridized carbons (Fsp3) is 0.600. The van der Waals surface area contributed by atoms with Gasteiger partial charge in [0.15, 0.2) is 0 Å². The fourth-order valence-electron chi connectivity index (χ4n) is 2.44. The second-order valence-electron chi connectivity index (χ2n) is 4.97. The van der Waals surface area contributed by atoms with E-state index in [1.165, 1.54) is 12.8 Å². The Labute approximate surface area is 123 Å². The first-order valence-electron chi connectivity index (χ1n) is 6.84. The molecule has 1 aliphatic heterocycles. The molecule has 3 nitrogen and oxygen atoms in total. The van der Waals surface area contributed by atoms with Crippen LogP contribution in [0.3, 0.4) is 0 Å². The molecule has 1 N–H and O–H groups in total. The van der Waals surface area contributed by atoms with Gasteiger partial charge < -0.3 is 14.6 Å². The highest BCUT2D eigenvalue weighted by Crippen LogP contribution is 2.31. The first-order chi connectivity index (χ1) is 9.20. The molecule has 1 aromatic rings. The largest absolute Gasteiger partial charge is 0.497 e. The second-order valence-corrected chi connectivity index (χ2v) is 5.82. The summed E-state index contributed by atoms with van der Waals surface area (Å²) >= 11 is 3.48. The lowest BCUT2D eigenvalue weighted by atomic mass is 9.99. The number of hydrogen-bond acceptors (Lipinski definition) is 3. The highest BCUT2D eigenvalue weighted by atomic mass is 79.9. The molecular formula is C15H21BrO3. The van der Waals surface area contributed by atoms with Crippen molar-refractivity contribution in [1.29, 1.82) is 0 Å². The lowest BCUT2D eigenvalue weighted by molar-refractivity contribution is 0.00208. The van der Waals surface area contributed by atoms with Crippen LogP contribution >= 0.6 is 15.9 Å². The summed E-state index contributed by atoms with van der Waals surface area (Å²) in [6.45, 7) is 0.868. The Morgan fingerprint density at radius 2 is 2.32 bits per heavy atom. The van der Waals surface area contributed by atoms with Crippen molar-refractivity contribution in [3.8, 4) is 5.75 Å². The smallest absolute Gasteiger partial charge is 0.120 e. The van der Waals surface area contributed by atoms with Gasteiger partial charge in [-0.25, -0.2) is 0 Å². The molecule has 0 aliphatic carbocycles. The predicted molar refractivity (Wildman–Crippen MR) is 78.5 cm³/mol. The van der Waals surface area contributed by atoms with Gasteiger partial charge in [0.2, 0.25) is 0 Å². The molecule has 0 aromatic heterocycles. The maximum absolute atomic E-state index is 10.3. The third-order valence-corrected chi connectivity index (χ3v) is 4.29. The van der Waals surface area contributed by atoms with Crippen molar-refractivity contribution in [3.63, 3.8) is 0 Å². The van der Waals surface area contributed by atoms with Gasteiger partial charge in [-0.15, -0.1) is 0 Å². The zero-order valence-corrected chi connectivity index (χ0v) is 12.9. The van der Waals surface area contributed by atoms with Crippen molar-refractivity contribution in [2.24, 2.45) is 0 Å². The van der Waals surface area contributed by atoms with Gasteiger partial charge in [0.05, 0.1) is 19.3 Å². The van der Waals surface area contributed by atoms with E-state index in [0.717, 1.165) is 41.7 Å². The molecule has 2 unspecified atom stereocenters. The van der Waals surface area contributed by atoms with E-state index < -0.39 is 6.10 Å². The molecule has 0 bridgehead atoms. The van der Waals surface area contributed by atoms with Crippen LogP contribution in [0.5, 0.6) is 5.75 Å². The average Bonchev–Trinajstić information content (AvgIpc) is 2.45. The number of rotatable bonds is 5. The van der Waals surface area contributed by atoms with Crippen LogP contribution in [0.4, 0.5) is 0 Å². The molecule has 1 heterocycles.